The Morgan fingerprint density at radius 2 is 2.11 bits per heavy atom. The van der Waals surface area contributed by atoms with Crippen molar-refractivity contribution >= 4 is 44.3 Å². The van der Waals surface area contributed by atoms with Gasteiger partial charge in [-0.2, -0.15) is 0 Å². The number of benzene rings is 2. The molecule has 1 aromatic heterocycles. The maximum absolute atomic E-state index is 13.0. The number of carbonyl (C=O) groups is 1. The molecule has 0 saturated carbocycles. The Kier molecular flexibility index (Phi) is 10.1. The van der Waals surface area contributed by atoms with E-state index in [0.29, 0.717) is 55.2 Å². The number of rotatable bonds is 11. The number of morpholine rings is 1. The Hall–Kier alpha value is -2.94. The van der Waals surface area contributed by atoms with Crippen LogP contribution < -0.4 is 14.9 Å². The molecule has 2 saturated heterocycles. The number of aromatic amines is 1. The minimum atomic E-state index is -0.805. The van der Waals surface area contributed by atoms with E-state index in [-0.39, 0.29) is 28.2 Å². The lowest BCUT2D eigenvalue weighted by molar-refractivity contribution is -0.160. The van der Waals surface area contributed by atoms with E-state index in [0.717, 1.165) is 72.3 Å². The number of nitrogens with zero attached hydrogens (tertiary/aromatic N) is 3. The van der Waals surface area contributed by atoms with E-state index in [2.05, 4.69) is 32.3 Å². The predicted molar refractivity (Wildman–Crippen MR) is 178 cm³/mol. The van der Waals surface area contributed by atoms with E-state index in [1.807, 2.05) is 24.0 Å². The number of phenolic OH excluding ortho intramolecular Hbond substituents is 1. The number of H-pyrrole nitrogens is 1. The third-order valence-corrected chi connectivity index (χ3v) is 10.8. The molecule has 0 bridgehead atoms. The van der Waals surface area contributed by atoms with Crippen LogP contribution in [-0.4, -0.2) is 112 Å². The Morgan fingerprint density at radius 3 is 2.91 bits per heavy atom. The molecule has 2 aromatic carbocycles. The van der Waals surface area contributed by atoms with Crippen LogP contribution in [0.2, 0.25) is 0 Å². The van der Waals surface area contributed by atoms with Crippen LogP contribution in [0, 0.1) is 0 Å². The van der Waals surface area contributed by atoms with Gasteiger partial charge in [0.1, 0.15) is 29.7 Å². The van der Waals surface area contributed by atoms with Crippen LogP contribution in [0.3, 0.4) is 0 Å². The van der Waals surface area contributed by atoms with E-state index in [1.54, 1.807) is 17.8 Å². The number of aromatic nitrogens is 1. The number of nitrogens with one attached hydrogen (secondary N) is 2. The zero-order valence-electron chi connectivity index (χ0n) is 25.5. The number of aliphatic hydroxyl groups excluding tert-OH is 1. The standard InChI is InChI=1S/C32H41N5O6S2/c1-21-34-25(19-44-21)30(40)37-14-16-43-32(20-37)8-11-36(12-9-32)13-15-42-23-4-2-3-22(17-23)7-10-33-18-27(39)24-5-6-26(38)28-29(24)45-31(41)35-28/h2-6,17,25,27,33,38-39H,7-16,18-20H2,1H3,(H,35,41)/t25?,27-/m0/s1. The van der Waals surface area contributed by atoms with E-state index >= 15 is 0 Å². The lowest BCUT2D eigenvalue weighted by atomic mass is 9.89. The molecular formula is C32H41N5O6S2. The van der Waals surface area contributed by atoms with Gasteiger partial charge in [-0.15, -0.1) is 11.8 Å². The van der Waals surface area contributed by atoms with Crippen LogP contribution >= 0.6 is 23.1 Å². The number of ether oxygens (including phenoxy) is 2. The van der Waals surface area contributed by atoms with Crippen LogP contribution in [-0.2, 0) is 16.0 Å². The fraction of sp³-hybridized carbons (Fsp3) is 0.531. The summed E-state index contributed by atoms with van der Waals surface area (Å²) < 4.78 is 13.0. The normalized spacial score (nSPS) is 20.9. The number of carbonyl (C=O) groups excluding carboxylic acids is 1. The maximum atomic E-state index is 13.0. The number of thioether (sulfide) groups is 1. The van der Waals surface area contributed by atoms with Gasteiger partial charge in [-0.1, -0.05) is 29.5 Å². The summed E-state index contributed by atoms with van der Waals surface area (Å²) in [6.07, 6.45) is 1.77. The molecule has 1 unspecified atom stereocenters. The first-order valence-corrected chi connectivity index (χ1v) is 17.4. The number of aliphatic imine (C=N–C) groups is 1. The van der Waals surface area contributed by atoms with Crippen molar-refractivity contribution in [3.63, 3.8) is 0 Å². The van der Waals surface area contributed by atoms with Crippen LogP contribution in [0.1, 0.15) is 37.0 Å². The molecule has 3 aliphatic heterocycles. The SMILES string of the molecule is CC1=NC(C(=O)N2CCOC3(CCN(CCOc4cccc(CCNC[C@H](O)c5ccc(O)c6[nH]c(=O)sc56)c4)CC3)C2)CS1. The van der Waals surface area contributed by atoms with Gasteiger partial charge in [0.2, 0.25) is 5.91 Å². The Bertz CT molecular complexity index is 1580. The number of aliphatic hydroxyl groups is 1. The van der Waals surface area contributed by atoms with Gasteiger partial charge in [0.15, 0.2) is 0 Å². The summed E-state index contributed by atoms with van der Waals surface area (Å²) in [7, 11) is 0. The summed E-state index contributed by atoms with van der Waals surface area (Å²) in [5.41, 5.74) is 1.86. The number of thiazole rings is 1. The quantitative estimate of drug-likeness (QED) is 0.230. The number of fused-ring (bicyclic) bond motifs is 1. The molecule has 2 fully saturated rings. The fourth-order valence-electron chi connectivity index (χ4n) is 6.32. The van der Waals surface area contributed by atoms with Gasteiger partial charge in [-0.05, 0) is 56.5 Å². The summed E-state index contributed by atoms with van der Waals surface area (Å²) in [6, 6.07) is 11.0. The highest BCUT2D eigenvalue weighted by Crippen LogP contribution is 2.32. The van der Waals surface area contributed by atoms with E-state index in [9.17, 15) is 19.8 Å². The summed E-state index contributed by atoms with van der Waals surface area (Å²) in [5.74, 6) is 1.72. The average molecular weight is 656 g/mol. The Labute approximate surface area is 270 Å². The van der Waals surface area contributed by atoms with Crippen LogP contribution in [0.4, 0.5) is 0 Å². The molecule has 242 valence electrons. The van der Waals surface area contributed by atoms with Crippen molar-refractivity contribution in [1.82, 2.24) is 20.1 Å². The van der Waals surface area contributed by atoms with Crippen molar-refractivity contribution in [2.45, 2.75) is 43.9 Å². The molecule has 45 heavy (non-hydrogen) atoms. The smallest absolute Gasteiger partial charge is 0.305 e. The molecule has 3 aromatic rings. The molecular weight excluding hydrogens is 615 g/mol. The third kappa shape index (κ3) is 7.72. The molecule has 0 radical (unpaired) electrons. The number of phenols is 1. The van der Waals surface area contributed by atoms with E-state index in [4.69, 9.17) is 9.47 Å². The first-order valence-electron chi connectivity index (χ1n) is 15.6. The Balaban J connectivity index is 0.906. The van der Waals surface area contributed by atoms with Crippen LogP contribution in [0.15, 0.2) is 46.2 Å². The topological polar surface area (TPSA) is 140 Å². The Morgan fingerprint density at radius 1 is 1.27 bits per heavy atom. The van der Waals surface area contributed by atoms with Gasteiger partial charge in [0.25, 0.3) is 0 Å². The number of piperidine rings is 1. The molecule has 1 spiro atoms. The minimum Gasteiger partial charge on any atom is -0.506 e. The van der Waals surface area contributed by atoms with Gasteiger partial charge in [-0.3, -0.25) is 19.5 Å². The molecule has 3 aliphatic rings. The highest BCUT2D eigenvalue weighted by atomic mass is 32.2. The molecule has 4 heterocycles. The summed E-state index contributed by atoms with van der Waals surface area (Å²) in [5, 5.41) is 25.0. The number of hydrogen-bond acceptors (Lipinski definition) is 11. The second kappa shape index (κ2) is 14.2. The van der Waals surface area contributed by atoms with Gasteiger partial charge in [-0.25, -0.2) is 0 Å². The summed E-state index contributed by atoms with van der Waals surface area (Å²) in [4.78, 5) is 36.0. The van der Waals surface area contributed by atoms with Gasteiger partial charge < -0.3 is 34.9 Å². The van der Waals surface area contributed by atoms with Crippen LogP contribution in [0.25, 0.3) is 10.2 Å². The third-order valence-electron chi connectivity index (χ3n) is 8.85. The number of likely N-dealkylation sites (tertiary alicyclic amines) is 1. The molecule has 0 aliphatic carbocycles. The van der Waals surface area contributed by atoms with Crippen molar-refractivity contribution in [3.8, 4) is 11.5 Å². The number of hydrogen-bond donors (Lipinski definition) is 4. The molecule has 6 rings (SSSR count). The number of amides is 1. The highest BCUT2D eigenvalue weighted by Gasteiger charge is 2.42. The molecule has 13 heteroatoms. The van der Waals surface area contributed by atoms with Crippen LogP contribution in [0.5, 0.6) is 11.5 Å². The second-order valence-electron chi connectivity index (χ2n) is 12.0. The average Bonchev–Trinajstić information content (AvgIpc) is 3.66. The van der Waals surface area contributed by atoms with E-state index in [1.165, 1.54) is 6.07 Å². The summed E-state index contributed by atoms with van der Waals surface area (Å²) >= 11 is 2.65. The van der Waals surface area contributed by atoms with E-state index < -0.39 is 6.10 Å². The van der Waals surface area contributed by atoms with Crippen molar-refractivity contribution in [1.29, 1.82) is 0 Å². The van der Waals surface area contributed by atoms with Crippen molar-refractivity contribution in [2.24, 2.45) is 4.99 Å². The van der Waals surface area contributed by atoms with Gasteiger partial charge >= 0.3 is 4.87 Å². The highest BCUT2D eigenvalue weighted by molar-refractivity contribution is 8.14. The summed E-state index contributed by atoms with van der Waals surface area (Å²) in [6.45, 7) is 8.10. The predicted octanol–water partition coefficient (Wildman–Crippen LogP) is 2.77. The van der Waals surface area contributed by atoms with Crippen molar-refractivity contribution in [2.75, 3.05) is 64.8 Å². The molecule has 11 nitrogen and oxygen atoms in total. The van der Waals surface area contributed by atoms with Gasteiger partial charge in [0.05, 0.1) is 28.1 Å². The maximum Gasteiger partial charge on any atom is 0.305 e. The zero-order valence-corrected chi connectivity index (χ0v) is 27.1. The monoisotopic (exact) mass is 655 g/mol. The number of aromatic hydroxyl groups is 1. The largest absolute Gasteiger partial charge is 0.506 e. The first kappa shape index (κ1) is 32.0. The molecule has 4 N–H and O–H groups in total. The molecule has 2 atom stereocenters. The second-order valence-corrected chi connectivity index (χ2v) is 14.2. The van der Waals surface area contributed by atoms with Crippen molar-refractivity contribution < 1.29 is 24.5 Å². The lowest BCUT2D eigenvalue weighted by Gasteiger charge is -2.47. The fourth-order valence-corrected chi connectivity index (χ4v) is 8.05. The zero-order chi connectivity index (χ0) is 31.4. The molecule has 1 amide bonds. The van der Waals surface area contributed by atoms with Gasteiger partial charge in [0, 0.05) is 50.6 Å². The minimum absolute atomic E-state index is 0.00159. The lowest BCUT2D eigenvalue weighted by Crippen LogP contribution is -2.59. The van der Waals surface area contributed by atoms with Crippen molar-refractivity contribution in [3.05, 3.63) is 57.2 Å². The first-order chi connectivity index (χ1) is 21.8.